The molecule has 3 aromatic rings. The van der Waals surface area contributed by atoms with Crippen LogP contribution in [0.4, 0.5) is 0 Å². The summed E-state index contributed by atoms with van der Waals surface area (Å²) in [4.78, 5) is 40.7. The smallest absolute Gasteiger partial charge is 0.255 e. The quantitative estimate of drug-likeness (QED) is 0.757. The maximum atomic E-state index is 12.9. The van der Waals surface area contributed by atoms with Gasteiger partial charge in [0.1, 0.15) is 5.82 Å². The Labute approximate surface area is 157 Å². The summed E-state index contributed by atoms with van der Waals surface area (Å²) in [5.74, 6) is 0.778. The fourth-order valence-corrected chi connectivity index (χ4v) is 3.45. The number of nitrogens with zero attached hydrogens (tertiary/aromatic N) is 4. The van der Waals surface area contributed by atoms with Crippen molar-refractivity contribution in [2.75, 3.05) is 26.2 Å². The van der Waals surface area contributed by atoms with Gasteiger partial charge < -0.3 is 14.8 Å². The maximum absolute atomic E-state index is 12.9. The summed E-state index contributed by atoms with van der Waals surface area (Å²) in [7, 11) is 0. The van der Waals surface area contributed by atoms with Crippen LogP contribution in [0.2, 0.25) is 0 Å². The van der Waals surface area contributed by atoms with Crippen molar-refractivity contribution in [2.45, 2.75) is 13.3 Å². The number of imidazole rings is 1. The van der Waals surface area contributed by atoms with Crippen LogP contribution in [0.25, 0.3) is 11.0 Å². The van der Waals surface area contributed by atoms with Crippen molar-refractivity contribution in [2.24, 2.45) is 0 Å². The van der Waals surface area contributed by atoms with Crippen LogP contribution < -0.4 is 0 Å². The Morgan fingerprint density at radius 2 is 1.74 bits per heavy atom. The van der Waals surface area contributed by atoms with Gasteiger partial charge in [0, 0.05) is 44.1 Å². The lowest BCUT2D eigenvalue weighted by atomic mass is 10.1. The van der Waals surface area contributed by atoms with E-state index in [-0.39, 0.29) is 11.8 Å². The van der Waals surface area contributed by atoms with Crippen LogP contribution in [-0.2, 0) is 0 Å². The third kappa shape index (κ3) is 3.53. The average molecular weight is 363 g/mol. The first-order valence-corrected chi connectivity index (χ1v) is 9.07. The zero-order valence-electron chi connectivity index (χ0n) is 15.2. The number of aromatic nitrogens is 3. The number of amides is 2. The highest BCUT2D eigenvalue weighted by Crippen LogP contribution is 2.16. The standard InChI is InChI=1S/C20H21N5O2/c1-14-22-17-6-5-15(12-18(17)23-14)19(26)24-8-3-9-25(11-10-24)20(27)16-4-2-7-21-13-16/h2,4-7,12-13H,3,8-11H2,1H3,(H,22,23). The van der Waals surface area contributed by atoms with E-state index in [1.807, 2.05) is 30.0 Å². The normalized spacial score (nSPS) is 15.0. The summed E-state index contributed by atoms with van der Waals surface area (Å²) in [6, 6.07) is 9.05. The summed E-state index contributed by atoms with van der Waals surface area (Å²) < 4.78 is 0. The number of benzene rings is 1. The van der Waals surface area contributed by atoms with Crippen LogP contribution in [-0.4, -0.2) is 62.7 Å². The van der Waals surface area contributed by atoms with E-state index in [2.05, 4.69) is 15.0 Å². The predicted octanol–water partition coefficient (Wildman–Crippen LogP) is 2.25. The Kier molecular flexibility index (Phi) is 4.58. The molecule has 138 valence electrons. The molecule has 0 atom stereocenters. The molecule has 1 N–H and O–H groups in total. The Balaban J connectivity index is 1.47. The highest BCUT2D eigenvalue weighted by atomic mass is 16.2. The molecule has 3 heterocycles. The average Bonchev–Trinajstić information content (AvgIpc) is 2.90. The Bertz CT molecular complexity index is 982. The van der Waals surface area contributed by atoms with Gasteiger partial charge in [-0.2, -0.15) is 0 Å². The summed E-state index contributed by atoms with van der Waals surface area (Å²) in [6.45, 7) is 4.20. The van der Waals surface area contributed by atoms with E-state index in [9.17, 15) is 9.59 Å². The molecule has 2 amide bonds. The van der Waals surface area contributed by atoms with Gasteiger partial charge in [0.05, 0.1) is 16.6 Å². The lowest BCUT2D eigenvalue weighted by molar-refractivity contribution is 0.0718. The molecule has 0 aliphatic carbocycles. The first kappa shape index (κ1) is 17.2. The molecule has 1 aliphatic rings. The maximum Gasteiger partial charge on any atom is 0.255 e. The molecular weight excluding hydrogens is 342 g/mol. The van der Waals surface area contributed by atoms with Crippen LogP contribution in [0.15, 0.2) is 42.7 Å². The first-order valence-electron chi connectivity index (χ1n) is 9.07. The van der Waals surface area contributed by atoms with Crippen LogP contribution in [0, 0.1) is 6.92 Å². The number of carbonyl (C=O) groups excluding carboxylic acids is 2. The van der Waals surface area contributed by atoms with Crippen molar-refractivity contribution >= 4 is 22.8 Å². The highest BCUT2D eigenvalue weighted by molar-refractivity contribution is 5.97. The van der Waals surface area contributed by atoms with Gasteiger partial charge in [0.25, 0.3) is 11.8 Å². The van der Waals surface area contributed by atoms with Crippen molar-refractivity contribution in [3.63, 3.8) is 0 Å². The van der Waals surface area contributed by atoms with Crippen LogP contribution in [0.5, 0.6) is 0 Å². The van der Waals surface area contributed by atoms with E-state index in [0.29, 0.717) is 37.3 Å². The molecule has 27 heavy (non-hydrogen) atoms. The minimum Gasteiger partial charge on any atom is -0.342 e. The van der Waals surface area contributed by atoms with Crippen molar-refractivity contribution in [1.82, 2.24) is 24.8 Å². The molecule has 0 bridgehead atoms. The summed E-state index contributed by atoms with van der Waals surface area (Å²) >= 11 is 0. The molecule has 1 fully saturated rings. The molecule has 0 radical (unpaired) electrons. The zero-order valence-corrected chi connectivity index (χ0v) is 15.2. The molecule has 7 nitrogen and oxygen atoms in total. The van der Waals surface area contributed by atoms with Gasteiger partial charge in [-0.15, -0.1) is 0 Å². The van der Waals surface area contributed by atoms with Crippen LogP contribution in [0.1, 0.15) is 33.0 Å². The van der Waals surface area contributed by atoms with Crippen molar-refractivity contribution in [3.05, 3.63) is 59.7 Å². The van der Waals surface area contributed by atoms with Crippen LogP contribution >= 0.6 is 0 Å². The van der Waals surface area contributed by atoms with Crippen molar-refractivity contribution in [1.29, 1.82) is 0 Å². The van der Waals surface area contributed by atoms with E-state index in [4.69, 9.17) is 0 Å². The number of hydrogen-bond donors (Lipinski definition) is 1. The number of H-pyrrole nitrogens is 1. The number of fused-ring (bicyclic) bond motifs is 1. The van der Waals surface area contributed by atoms with Gasteiger partial charge in [0.15, 0.2) is 0 Å². The Morgan fingerprint density at radius 1 is 1.00 bits per heavy atom. The van der Waals surface area contributed by atoms with Gasteiger partial charge in [0.2, 0.25) is 0 Å². The minimum absolute atomic E-state index is 0.0140. The van der Waals surface area contributed by atoms with Gasteiger partial charge in [-0.25, -0.2) is 4.98 Å². The predicted molar refractivity (Wildman–Crippen MR) is 101 cm³/mol. The highest BCUT2D eigenvalue weighted by Gasteiger charge is 2.24. The van der Waals surface area contributed by atoms with E-state index >= 15 is 0 Å². The molecule has 7 heteroatoms. The Hall–Kier alpha value is -3.22. The largest absolute Gasteiger partial charge is 0.342 e. The second kappa shape index (κ2) is 7.19. The monoisotopic (exact) mass is 363 g/mol. The lowest BCUT2D eigenvalue weighted by Crippen LogP contribution is -2.37. The molecular formula is C20H21N5O2. The third-order valence-corrected chi connectivity index (χ3v) is 4.83. The summed E-state index contributed by atoms with van der Waals surface area (Å²) in [6.07, 6.45) is 3.98. The topological polar surface area (TPSA) is 82.2 Å². The number of rotatable bonds is 2. The molecule has 0 saturated carbocycles. The molecule has 2 aromatic heterocycles. The van der Waals surface area contributed by atoms with E-state index < -0.39 is 0 Å². The van der Waals surface area contributed by atoms with Gasteiger partial charge >= 0.3 is 0 Å². The first-order chi connectivity index (χ1) is 13.1. The lowest BCUT2D eigenvalue weighted by Gasteiger charge is -2.22. The second-order valence-electron chi connectivity index (χ2n) is 6.73. The summed E-state index contributed by atoms with van der Waals surface area (Å²) in [5, 5.41) is 0. The van der Waals surface area contributed by atoms with Crippen LogP contribution in [0.3, 0.4) is 0 Å². The SMILES string of the molecule is Cc1nc2ccc(C(=O)N3CCCN(C(=O)c4cccnc4)CC3)cc2[nH]1. The summed E-state index contributed by atoms with van der Waals surface area (Å²) in [5.41, 5.74) is 2.94. The molecule has 4 rings (SSSR count). The zero-order chi connectivity index (χ0) is 18.8. The number of nitrogens with one attached hydrogen (secondary N) is 1. The molecule has 1 aromatic carbocycles. The van der Waals surface area contributed by atoms with E-state index in [1.165, 1.54) is 0 Å². The number of hydrogen-bond acceptors (Lipinski definition) is 4. The molecule has 1 saturated heterocycles. The van der Waals surface area contributed by atoms with Gasteiger partial charge in [-0.1, -0.05) is 0 Å². The van der Waals surface area contributed by atoms with Crippen molar-refractivity contribution in [3.8, 4) is 0 Å². The molecule has 0 unspecified atom stereocenters. The number of aryl methyl sites for hydroxylation is 1. The molecule has 0 spiro atoms. The molecule has 1 aliphatic heterocycles. The number of pyridine rings is 1. The van der Waals surface area contributed by atoms with Gasteiger partial charge in [-0.3, -0.25) is 14.6 Å². The number of carbonyl (C=O) groups is 2. The second-order valence-corrected chi connectivity index (χ2v) is 6.73. The van der Waals surface area contributed by atoms with E-state index in [0.717, 1.165) is 23.3 Å². The third-order valence-electron chi connectivity index (χ3n) is 4.83. The fraction of sp³-hybridized carbons (Fsp3) is 0.300. The number of aromatic amines is 1. The van der Waals surface area contributed by atoms with E-state index in [1.54, 1.807) is 29.4 Å². The van der Waals surface area contributed by atoms with Crippen molar-refractivity contribution < 1.29 is 9.59 Å². The van der Waals surface area contributed by atoms with Gasteiger partial charge in [-0.05, 0) is 43.7 Å². The minimum atomic E-state index is -0.0354. The Morgan fingerprint density at radius 3 is 2.44 bits per heavy atom. The fourth-order valence-electron chi connectivity index (χ4n) is 3.45.